The number of pyridine rings is 2. The lowest BCUT2D eigenvalue weighted by Crippen LogP contribution is -3.00. The zero-order valence-corrected chi connectivity index (χ0v) is 28.6. The summed E-state index contributed by atoms with van der Waals surface area (Å²) in [7, 11) is 0. The summed E-state index contributed by atoms with van der Waals surface area (Å²) in [5.74, 6) is 0.942. The monoisotopic (exact) mass is 640 g/mol. The van der Waals surface area contributed by atoms with Crippen molar-refractivity contribution in [2.24, 2.45) is 0 Å². The van der Waals surface area contributed by atoms with Gasteiger partial charge in [-0.15, -0.1) is 0 Å². The molecule has 0 unspecified atom stereocenters. The standard InChI is InChI=1S/C31H44N3O2.C5H5N.2ClH/c1-6-8-10-15-22-27(35)33-26-21-17-18-24-32(26)30(29(33)25-19-13-12-14-20-25)34(31(3,4)5)28(36)23-16-11-9-7-2;1-2-4-6-5-3-1;;/h12-14,17-21,24H,6-11,15-16,22-23H2,1-5H3;1-5H;2*1H/q+1;;;/p-1. The van der Waals surface area contributed by atoms with Gasteiger partial charge in [-0.05, 0) is 39.7 Å². The van der Waals surface area contributed by atoms with Crippen molar-refractivity contribution < 1.29 is 43.8 Å². The van der Waals surface area contributed by atoms with E-state index in [1.54, 1.807) is 0 Å². The van der Waals surface area contributed by atoms with E-state index in [1.807, 2.05) is 99.2 Å². The van der Waals surface area contributed by atoms with Crippen LogP contribution < -0.4 is 39.1 Å². The second kappa shape index (κ2) is 19.9. The van der Waals surface area contributed by atoms with Crippen LogP contribution in [0.1, 0.15) is 104 Å². The molecule has 8 heteroatoms. The molecule has 44 heavy (non-hydrogen) atoms. The van der Waals surface area contributed by atoms with Crippen LogP contribution in [0.15, 0.2) is 85.3 Å². The van der Waals surface area contributed by atoms with Crippen LogP contribution in [0.4, 0.5) is 5.82 Å². The number of nitrogens with one attached hydrogen (secondary N) is 1. The predicted octanol–water partition coefficient (Wildman–Crippen LogP) is 2.12. The molecular formula is C36H50Cl2N4O2. The Bertz CT molecular complexity index is 1360. The fraction of sp³-hybridized carbons (Fsp3) is 0.444. The number of aromatic amines is 1. The molecule has 3 aromatic heterocycles. The van der Waals surface area contributed by atoms with Crippen LogP contribution in [-0.2, 0) is 4.79 Å². The quantitative estimate of drug-likeness (QED) is 0.176. The third-order valence-electron chi connectivity index (χ3n) is 7.26. The first-order valence-electron chi connectivity index (χ1n) is 15.7. The Morgan fingerprint density at radius 2 is 1.32 bits per heavy atom. The first kappa shape index (κ1) is 38.8. The Kier molecular flexibility index (Phi) is 17.6. The number of hydrogen-bond donors (Lipinski definition) is 0. The van der Waals surface area contributed by atoms with Crippen molar-refractivity contribution in [2.75, 3.05) is 4.90 Å². The molecular weight excluding hydrogens is 591 g/mol. The molecule has 0 aliphatic carbocycles. The molecule has 0 saturated heterocycles. The number of aromatic nitrogens is 3. The average molecular weight is 642 g/mol. The van der Waals surface area contributed by atoms with Crippen molar-refractivity contribution in [3.8, 4) is 11.3 Å². The van der Waals surface area contributed by atoms with Crippen molar-refractivity contribution >= 4 is 23.3 Å². The number of carbonyl (C=O) groups is 2. The molecule has 1 amide bonds. The van der Waals surface area contributed by atoms with Crippen LogP contribution in [0.25, 0.3) is 16.9 Å². The summed E-state index contributed by atoms with van der Waals surface area (Å²) in [6, 6.07) is 21.8. The molecule has 4 aromatic rings. The summed E-state index contributed by atoms with van der Waals surface area (Å²) in [6.07, 6.45) is 15.1. The summed E-state index contributed by atoms with van der Waals surface area (Å²) in [4.78, 5) is 32.4. The minimum absolute atomic E-state index is 0. The number of amides is 1. The molecule has 0 saturated carbocycles. The van der Waals surface area contributed by atoms with Gasteiger partial charge in [0.15, 0.2) is 18.1 Å². The number of H-pyrrole nitrogens is 1. The third-order valence-corrected chi connectivity index (χ3v) is 7.26. The first-order chi connectivity index (χ1) is 20.3. The maximum atomic E-state index is 13.8. The topological polar surface area (TPSA) is 60.6 Å². The van der Waals surface area contributed by atoms with Gasteiger partial charge in [-0.1, -0.05) is 94.8 Å². The van der Waals surface area contributed by atoms with E-state index in [4.69, 9.17) is 0 Å². The van der Waals surface area contributed by atoms with Crippen LogP contribution in [0.3, 0.4) is 0 Å². The van der Waals surface area contributed by atoms with E-state index in [0.29, 0.717) is 12.8 Å². The number of halogens is 2. The fourth-order valence-electron chi connectivity index (χ4n) is 5.23. The summed E-state index contributed by atoms with van der Waals surface area (Å²) < 4.78 is 3.88. The smallest absolute Gasteiger partial charge is 0.287 e. The third kappa shape index (κ3) is 10.7. The number of unbranched alkanes of at least 4 members (excludes halogenated alkanes) is 6. The maximum Gasteiger partial charge on any atom is 0.287 e. The molecule has 1 N–H and O–H groups in total. The molecule has 0 spiro atoms. The van der Waals surface area contributed by atoms with Gasteiger partial charge in [-0.3, -0.25) is 9.59 Å². The number of anilines is 1. The van der Waals surface area contributed by atoms with E-state index >= 15 is 0 Å². The fourth-order valence-corrected chi connectivity index (χ4v) is 5.23. The van der Waals surface area contributed by atoms with Gasteiger partial charge in [0.25, 0.3) is 17.6 Å². The molecule has 4 rings (SSSR count). The summed E-state index contributed by atoms with van der Waals surface area (Å²) in [5.41, 5.74) is 2.06. The van der Waals surface area contributed by atoms with E-state index in [1.165, 1.54) is 0 Å². The molecule has 240 valence electrons. The average Bonchev–Trinajstić information content (AvgIpc) is 3.33. The van der Waals surface area contributed by atoms with Crippen LogP contribution in [0.2, 0.25) is 0 Å². The van der Waals surface area contributed by atoms with E-state index < -0.39 is 5.54 Å². The van der Waals surface area contributed by atoms with E-state index in [9.17, 15) is 9.59 Å². The summed E-state index contributed by atoms with van der Waals surface area (Å²) in [5, 5.41) is 0. The highest BCUT2D eigenvalue weighted by molar-refractivity contribution is 5.99. The lowest BCUT2D eigenvalue weighted by Gasteiger charge is -2.30. The zero-order chi connectivity index (χ0) is 30.4. The SMILES string of the molecule is CCCCCCC(=O)N(c1c(-c2ccccc2)n(C(=O)CCCCCC)c2cccc[n+]12)C(C)(C)C.[Cl-].[Cl-].c1cc[nH+]cc1. The van der Waals surface area contributed by atoms with Gasteiger partial charge in [-0.2, -0.15) is 4.57 Å². The van der Waals surface area contributed by atoms with Crippen molar-refractivity contribution in [3.63, 3.8) is 0 Å². The lowest BCUT2D eigenvalue weighted by atomic mass is 10.0. The Morgan fingerprint density at radius 1 is 0.750 bits per heavy atom. The second-order valence-corrected chi connectivity index (χ2v) is 11.8. The highest BCUT2D eigenvalue weighted by atomic mass is 35.5. The minimum atomic E-state index is -0.461. The predicted molar refractivity (Wildman–Crippen MR) is 171 cm³/mol. The van der Waals surface area contributed by atoms with Gasteiger partial charge in [0.2, 0.25) is 5.65 Å². The molecule has 0 fully saturated rings. The van der Waals surface area contributed by atoms with Gasteiger partial charge in [0.05, 0.1) is 11.7 Å². The Labute approximate surface area is 276 Å². The van der Waals surface area contributed by atoms with Crippen LogP contribution in [-0.4, -0.2) is 21.9 Å². The first-order valence-corrected chi connectivity index (χ1v) is 15.7. The molecule has 0 radical (unpaired) electrons. The molecule has 0 bridgehead atoms. The molecule has 1 aromatic carbocycles. The number of fused-ring (bicyclic) bond motifs is 1. The van der Waals surface area contributed by atoms with Gasteiger partial charge < -0.3 is 24.8 Å². The molecule has 3 heterocycles. The van der Waals surface area contributed by atoms with Crippen LogP contribution in [0.5, 0.6) is 0 Å². The Morgan fingerprint density at radius 3 is 1.84 bits per heavy atom. The van der Waals surface area contributed by atoms with Gasteiger partial charge >= 0.3 is 0 Å². The van der Waals surface area contributed by atoms with Gasteiger partial charge in [0.1, 0.15) is 0 Å². The second-order valence-electron chi connectivity index (χ2n) is 11.8. The number of hydrogen-bond acceptors (Lipinski definition) is 2. The van der Waals surface area contributed by atoms with Crippen molar-refractivity contribution in [2.45, 2.75) is 104 Å². The largest absolute Gasteiger partial charge is 1.00 e. The Hall–Kier alpha value is -3.22. The molecule has 0 atom stereocenters. The van der Waals surface area contributed by atoms with Crippen LogP contribution in [0, 0.1) is 0 Å². The number of benzene rings is 1. The van der Waals surface area contributed by atoms with Crippen molar-refractivity contribution in [1.29, 1.82) is 0 Å². The van der Waals surface area contributed by atoms with E-state index in [2.05, 4.69) is 39.6 Å². The van der Waals surface area contributed by atoms with E-state index in [0.717, 1.165) is 74.1 Å². The van der Waals surface area contributed by atoms with Gasteiger partial charge in [0, 0.05) is 36.6 Å². The van der Waals surface area contributed by atoms with Crippen LogP contribution >= 0.6 is 0 Å². The summed E-state index contributed by atoms with van der Waals surface area (Å²) in [6.45, 7) is 10.6. The zero-order valence-electron chi connectivity index (χ0n) is 27.1. The maximum absolute atomic E-state index is 13.8. The number of rotatable bonds is 12. The highest BCUT2D eigenvalue weighted by Gasteiger charge is 2.41. The van der Waals surface area contributed by atoms with Crippen molar-refractivity contribution in [3.05, 3.63) is 85.3 Å². The highest BCUT2D eigenvalue weighted by Crippen LogP contribution is 2.35. The number of nitrogens with zero attached hydrogens (tertiary/aromatic N) is 3. The van der Waals surface area contributed by atoms with E-state index in [-0.39, 0.29) is 36.6 Å². The number of imidazole rings is 1. The molecule has 6 nitrogen and oxygen atoms in total. The molecule has 0 aliphatic heterocycles. The Balaban J connectivity index is 0.00000108. The van der Waals surface area contributed by atoms with Gasteiger partial charge in [-0.25, -0.2) is 14.3 Å². The molecule has 0 aliphatic rings. The lowest BCUT2D eigenvalue weighted by molar-refractivity contribution is -0.496. The summed E-state index contributed by atoms with van der Waals surface area (Å²) >= 11 is 0. The van der Waals surface area contributed by atoms with Crippen molar-refractivity contribution in [1.82, 2.24) is 4.57 Å². The number of carbonyl (C=O) groups excluding carboxylic acids is 2. The minimum Gasteiger partial charge on any atom is -1.00 e. The normalized spacial score (nSPS) is 10.7.